The number of carbonyl (C=O) groups is 2. The van der Waals surface area contributed by atoms with Crippen molar-refractivity contribution in [1.82, 2.24) is 5.43 Å². The van der Waals surface area contributed by atoms with Crippen LogP contribution in [0.2, 0.25) is 5.02 Å². The van der Waals surface area contributed by atoms with Crippen LogP contribution >= 0.6 is 11.6 Å². The van der Waals surface area contributed by atoms with E-state index in [2.05, 4.69) is 15.3 Å². The van der Waals surface area contributed by atoms with E-state index in [-0.39, 0.29) is 17.3 Å². The molecule has 1 aromatic rings. The van der Waals surface area contributed by atoms with Crippen LogP contribution < -0.4 is 5.43 Å². The van der Waals surface area contributed by atoms with Crippen molar-refractivity contribution in [3.63, 3.8) is 0 Å². The molecular weight excluding hydrogens is 291 g/mol. The fourth-order valence-electron chi connectivity index (χ4n) is 1.18. The van der Waals surface area contributed by atoms with Gasteiger partial charge in [0.15, 0.2) is 0 Å². The normalized spacial score (nSPS) is 10.9. The zero-order valence-corrected chi connectivity index (χ0v) is 11.5. The molecule has 0 aliphatic carbocycles. The molecule has 20 heavy (non-hydrogen) atoms. The topological polar surface area (TPSA) is 77.0 Å². The molecule has 1 amide bonds. The van der Waals surface area contributed by atoms with Crippen LogP contribution in [0.3, 0.4) is 0 Å². The van der Waals surface area contributed by atoms with Crippen LogP contribution in [0.1, 0.15) is 12.5 Å². The largest absolute Gasteiger partial charge is 0.459 e. The zero-order valence-electron chi connectivity index (χ0n) is 10.8. The average molecular weight is 303 g/mol. The number of halogens is 2. The van der Waals surface area contributed by atoms with E-state index < -0.39 is 17.9 Å². The van der Waals surface area contributed by atoms with Crippen LogP contribution in [-0.2, 0) is 14.3 Å². The SMILES string of the molecule is COC(=O)N/N=C(/COC(C)=O)c1ccc(Cl)c(F)c1. The maximum absolute atomic E-state index is 13.4. The highest BCUT2D eigenvalue weighted by Gasteiger charge is 2.10. The van der Waals surface area contributed by atoms with E-state index in [1.165, 1.54) is 26.2 Å². The van der Waals surface area contributed by atoms with E-state index in [0.717, 1.165) is 6.07 Å². The Bertz CT molecular complexity index is 548. The lowest BCUT2D eigenvalue weighted by Gasteiger charge is -2.08. The van der Waals surface area contributed by atoms with Gasteiger partial charge in [0, 0.05) is 12.5 Å². The minimum atomic E-state index is -0.806. The number of hydrogen-bond acceptors (Lipinski definition) is 5. The summed E-state index contributed by atoms with van der Waals surface area (Å²) < 4.78 is 22.5. The molecule has 0 aliphatic rings. The van der Waals surface area contributed by atoms with Gasteiger partial charge in [-0.3, -0.25) is 4.79 Å². The predicted molar refractivity (Wildman–Crippen MR) is 70.1 cm³/mol. The molecule has 0 radical (unpaired) electrons. The summed E-state index contributed by atoms with van der Waals surface area (Å²) in [4.78, 5) is 21.8. The molecule has 1 N–H and O–H groups in total. The standard InChI is InChI=1S/C12H12ClFN2O4/c1-7(17)20-6-11(15-16-12(18)19-2)8-3-4-9(13)10(14)5-8/h3-5H,6H2,1-2H3,(H,16,18)/b15-11-. The summed E-state index contributed by atoms with van der Waals surface area (Å²) >= 11 is 5.57. The predicted octanol–water partition coefficient (Wildman–Crippen LogP) is 2.10. The van der Waals surface area contributed by atoms with Crippen LogP contribution in [-0.4, -0.2) is 31.5 Å². The summed E-state index contributed by atoms with van der Waals surface area (Å²) in [5.74, 6) is -1.19. The van der Waals surface area contributed by atoms with Crippen molar-refractivity contribution in [2.24, 2.45) is 5.10 Å². The Balaban J connectivity index is 2.98. The van der Waals surface area contributed by atoms with Crippen molar-refractivity contribution in [3.8, 4) is 0 Å². The Morgan fingerprint density at radius 2 is 2.15 bits per heavy atom. The van der Waals surface area contributed by atoms with Gasteiger partial charge in [-0.2, -0.15) is 5.10 Å². The quantitative estimate of drug-likeness (QED) is 0.525. The Morgan fingerprint density at radius 3 is 2.70 bits per heavy atom. The summed E-state index contributed by atoms with van der Waals surface area (Å²) in [6, 6.07) is 3.92. The average Bonchev–Trinajstić information content (AvgIpc) is 2.41. The number of nitrogens with zero attached hydrogens (tertiary/aromatic N) is 1. The fourth-order valence-corrected chi connectivity index (χ4v) is 1.30. The molecule has 6 nitrogen and oxygen atoms in total. The molecule has 0 atom stereocenters. The lowest BCUT2D eigenvalue weighted by molar-refractivity contribution is -0.139. The second kappa shape index (κ2) is 7.44. The van der Waals surface area contributed by atoms with Gasteiger partial charge in [0.05, 0.1) is 12.1 Å². The first-order chi connectivity index (χ1) is 9.43. The molecule has 0 saturated carbocycles. The second-order valence-electron chi connectivity index (χ2n) is 3.57. The minimum absolute atomic E-state index is 0.0542. The molecular formula is C12H12ClFN2O4. The van der Waals surface area contributed by atoms with Gasteiger partial charge in [-0.25, -0.2) is 14.6 Å². The van der Waals surface area contributed by atoms with Crippen LogP contribution in [0.15, 0.2) is 23.3 Å². The number of hydrogen-bond donors (Lipinski definition) is 1. The highest BCUT2D eigenvalue weighted by atomic mass is 35.5. The Kier molecular flexibility index (Phi) is 5.92. The van der Waals surface area contributed by atoms with E-state index in [1.807, 2.05) is 0 Å². The van der Waals surface area contributed by atoms with Crippen LogP contribution in [0, 0.1) is 5.82 Å². The molecule has 8 heteroatoms. The van der Waals surface area contributed by atoms with E-state index in [9.17, 15) is 14.0 Å². The summed E-state index contributed by atoms with van der Waals surface area (Å²) in [7, 11) is 1.17. The number of esters is 1. The lowest BCUT2D eigenvalue weighted by Crippen LogP contribution is -2.22. The maximum Gasteiger partial charge on any atom is 0.427 e. The van der Waals surface area contributed by atoms with Crippen LogP contribution in [0.25, 0.3) is 0 Å². The molecule has 108 valence electrons. The number of carbonyl (C=O) groups excluding carboxylic acids is 2. The summed E-state index contributed by atoms with van der Waals surface area (Å²) in [6.45, 7) is 0.980. The number of nitrogens with one attached hydrogen (secondary N) is 1. The number of hydrazone groups is 1. The Morgan fingerprint density at radius 1 is 1.45 bits per heavy atom. The third-order valence-corrected chi connectivity index (χ3v) is 2.44. The molecule has 0 spiro atoms. The molecule has 0 saturated heterocycles. The van der Waals surface area contributed by atoms with Crippen molar-refractivity contribution in [2.45, 2.75) is 6.92 Å². The number of methoxy groups -OCH3 is 1. The fraction of sp³-hybridized carbons (Fsp3) is 0.250. The minimum Gasteiger partial charge on any atom is -0.459 e. The molecule has 1 aromatic carbocycles. The third kappa shape index (κ3) is 4.85. The van der Waals surface area contributed by atoms with Crippen molar-refractivity contribution in [3.05, 3.63) is 34.6 Å². The first-order valence-corrected chi connectivity index (χ1v) is 5.81. The van der Waals surface area contributed by atoms with Gasteiger partial charge in [-0.1, -0.05) is 17.7 Å². The van der Waals surface area contributed by atoms with Gasteiger partial charge in [-0.15, -0.1) is 0 Å². The molecule has 0 aliphatic heterocycles. The molecule has 0 bridgehead atoms. The number of rotatable bonds is 4. The van der Waals surface area contributed by atoms with E-state index in [0.29, 0.717) is 5.56 Å². The third-order valence-electron chi connectivity index (χ3n) is 2.13. The van der Waals surface area contributed by atoms with Gasteiger partial charge in [0.2, 0.25) is 0 Å². The van der Waals surface area contributed by atoms with E-state index >= 15 is 0 Å². The molecule has 0 unspecified atom stereocenters. The van der Waals surface area contributed by atoms with Gasteiger partial charge < -0.3 is 9.47 Å². The maximum atomic E-state index is 13.4. The zero-order chi connectivity index (χ0) is 15.1. The highest BCUT2D eigenvalue weighted by molar-refractivity contribution is 6.30. The lowest BCUT2D eigenvalue weighted by atomic mass is 10.1. The van der Waals surface area contributed by atoms with Gasteiger partial charge >= 0.3 is 12.1 Å². The first-order valence-electron chi connectivity index (χ1n) is 5.43. The Labute approximate surface area is 119 Å². The van der Waals surface area contributed by atoms with E-state index in [1.54, 1.807) is 0 Å². The Hall–Kier alpha value is -2.15. The first kappa shape index (κ1) is 15.9. The molecule has 1 rings (SSSR count). The number of amides is 1. The summed E-state index contributed by atoms with van der Waals surface area (Å²) in [5.41, 5.74) is 2.52. The summed E-state index contributed by atoms with van der Waals surface area (Å²) in [5, 5.41) is 3.66. The number of benzene rings is 1. The molecule has 0 fully saturated rings. The monoisotopic (exact) mass is 302 g/mol. The van der Waals surface area contributed by atoms with Crippen LogP contribution in [0.4, 0.5) is 9.18 Å². The highest BCUT2D eigenvalue weighted by Crippen LogP contribution is 2.16. The van der Waals surface area contributed by atoms with Crippen molar-refractivity contribution in [1.29, 1.82) is 0 Å². The van der Waals surface area contributed by atoms with Crippen LogP contribution in [0.5, 0.6) is 0 Å². The van der Waals surface area contributed by atoms with Crippen molar-refractivity contribution >= 4 is 29.4 Å². The van der Waals surface area contributed by atoms with E-state index in [4.69, 9.17) is 16.3 Å². The molecule has 0 aromatic heterocycles. The second-order valence-corrected chi connectivity index (χ2v) is 3.98. The van der Waals surface area contributed by atoms with Gasteiger partial charge in [-0.05, 0) is 12.1 Å². The summed E-state index contributed by atoms with van der Waals surface area (Å²) in [6.07, 6.45) is -0.806. The van der Waals surface area contributed by atoms with Gasteiger partial charge in [0.25, 0.3) is 0 Å². The van der Waals surface area contributed by atoms with Crippen molar-refractivity contribution in [2.75, 3.05) is 13.7 Å². The van der Waals surface area contributed by atoms with Gasteiger partial charge in [0.1, 0.15) is 18.1 Å². The van der Waals surface area contributed by atoms with Crippen molar-refractivity contribution < 1.29 is 23.5 Å². The smallest absolute Gasteiger partial charge is 0.427 e. The molecule has 0 heterocycles. The number of ether oxygens (including phenoxy) is 2.